The summed E-state index contributed by atoms with van der Waals surface area (Å²) in [6, 6.07) is 0. The molecule has 0 aromatic carbocycles. The van der Waals surface area contributed by atoms with Gasteiger partial charge >= 0.3 is 0 Å². The summed E-state index contributed by atoms with van der Waals surface area (Å²) in [7, 11) is 0. The number of fused-ring (bicyclic) bond motifs is 5. The summed E-state index contributed by atoms with van der Waals surface area (Å²) in [5, 5.41) is 20.8. The summed E-state index contributed by atoms with van der Waals surface area (Å²) < 4.78 is 0. The van der Waals surface area contributed by atoms with Crippen molar-refractivity contribution >= 4 is 0 Å². The van der Waals surface area contributed by atoms with Crippen LogP contribution in [0.2, 0.25) is 0 Å². The highest BCUT2D eigenvalue weighted by Crippen LogP contribution is 2.65. The molecular formula is C22H32O2. The zero-order chi connectivity index (χ0) is 16.9. The first-order valence-corrected chi connectivity index (χ1v) is 9.96. The molecule has 2 heteroatoms. The van der Waals surface area contributed by atoms with Gasteiger partial charge in [-0.1, -0.05) is 18.6 Å². The van der Waals surface area contributed by atoms with Crippen LogP contribution in [0.25, 0.3) is 0 Å². The molecule has 2 N–H and O–H groups in total. The third kappa shape index (κ3) is 2.24. The van der Waals surface area contributed by atoms with Crippen LogP contribution in [0.1, 0.15) is 71.6 Å². The molecule has 4 aliphatic carbocycles. The van der Waals surface area contributed by atoms with Crippen molar-refractivity contribution in [2.75, 3.05) is 0 Å². The lowest BCUT2D eigenvalue weighted by Crippen LogP contribution is -2.52. The predicted molar refractivity (Wildman–Crippen MR) is 96.1 cm³/mol. The molecule has 0 unspecified atom stereocenters. The van der Waals surface area contributed by atoms with E-state index in [2.05, 4.69) is 24.8 Å². The number of hydrogen-bond donors (Lipinski definition) is 2. The molecule has 0 amide bonds. The van der Waals surface area contributed by atoms with Crippen molar-refractivity contribution in [3.63, 3.8) is 0 Å². The maximum Gasteiger partial charge on any atom is 0.0596 e. The Morgan fingerprint density at radius 2 is 1.96 bits per heavy atom. The highest BCUT2D eigenvalue weighted by Gasteiger charge is 2.59. The van der Waals surface area contributed by atoms with E-state index in [1.807, 2.05) is 6.92 Å². The van der Waals surface area contributed by atoms with E-state index in [0.717, 1.165) is 44.9 Å². The van der Waals surface area contributed by atoms with Gasteiger partial charge in [-0.3, -0.25) is 0 Å². The van der Waals surface area contributed by atoms with Crippen molar-refractivity contribution in [1.82, 2.24) is 0 Å². The van der Waals surface area contributed by atoms with Gasteiger partial charge in [-0.05, 0) is 81.5 Å². The lowest BCUT2D eigenvalue weighted by atomic mass is 9.46. The molecule has 0 heterocycles. The van der Waals surface area contributed by atoms with Gasteiger partial charge in [-0.2, -0.15) is 0 Å². The van der Waals surface area contributed by atoms with Crippen LogP contribution in [0.15, 0.2) is 11.6 Å². The summed E-state index contributed by atoms with van der Waals surface area (Å²) in [4.78, 5) is 0. The van der Waals surface area contributed by atoms with Gasteiger partial charge in [0.05, 0.1) is 12.2 Å². The van der Waals surface area contributed by atoms with Crippen molar-refractivity contribution in [3.05, 3.63) is 11.6 Å². The lowest BCUT2D eigenvalue weighted by Gasteiger charge is -2.58. The van der Waals surface area contributed by atoms with Crippen LogP contribution >= 0.6 is 0 Å². The maximum atomic E-state index is 10.6. The van der Waals surface area contributed by atoms with Crippen molar-refractivity contribution in [2.24, 2.45) is 28.6 Å². The molecule has 0 bridgehead atoms. The molecule has 4 rings (SSSR count). The molecule has 0 aromatic heterocycles. The number of allylic oxidation sites excluding steroid dienone is 1. The number of hydrogen-bond acceptors (Lipinski definition) is 2. The van der Waals surface area contributed by atoms with E-state index in [-0.39, 0.29) is 23.0 Å². The summed E-state index contributed by atoms with van der Waals surface area (Å²) in [6.45, 7) is 4.29. The number of rotatable bonds is 1. The third-order valence-electron chi connectivity index (χ3n) is 8.33. The lowest BCUT2D eigenvalue weighted by molar-refractivity contribution is -0.0747. The molecule has 4 aliphatic rings. The second kappa shape index (κ2) is 5.89. The van der Waals surface area contributed by atoms with Crippen molar-refractivity contribution in [1.29, 1.82) is 0 Å². The Hall–Kier alpha value is -0.780. The molecule has 3 fully saturated rings. The van der Waals surface area contributed by atoms with E-state index in [0.29, 0.717) is 17.8 Å². The number of aliphatic hydroxyl groups excluding tert-OH is 2. The Morgan fingerprint density at radius 3 is 2.75 bits per heavy atom. The van der Waals surface area contributed by atoms with Crippen LogP contribution in [-0.2, 0) is 0 Å². The Kier molecular flexibility index (Phi) is 4.09. The fourth-order valence-electron chi connectivity index (χ4n) is 6.99. The molecule has 7 atom stereocenters. The maximum absolute atomic E-state index is 10.6. The fraction of sp³-hybridized carbons (Fsp3) is 0.818. The Labute approximate surface area is 146 Å². The third-order valence-corrected chi connectivity index (χ3v) is 8.33. The average Bonchev–Trinajstić information content (AvgIpc) is 2.88. The zero-order valence-electron chi connectivity index (χ0n) is 15.2. The molecule has 0 saturated heterocycles. The highest BCUT2D eigenvalue weighted by molar-refractivity contribution is 5.28. The van der Waals surface area contributed by atoms with Crippen molar-refractivity contribution in [3.8, 4) is 11.8 Å². The molecule has 0 aliphatic heterocycles. The van der Waals surface area contributed by atoms with Crippen LogP contribution in [0.4, 0.5) is 0 Å². The molecule has 0 spiro atoms. The summed E-state index contributed by atoms with van der Waals surface area (Å²) in [5.74, 6) is 8.62. The van der Waals surface area contributed by atoms with Crippen LogP contribution in [0.5, 0.6) is 0 Å². The first kappa shape index (κ1) is 16.7. The molecule has 0 radical (unpaired) electrons. The van der Waals surface area contributed by atoms with Gasteiger partial charge < -0.3 is 10.2 Å². The van der Waals surface area contributed by atoms with Gasteiger partial charge in [0.15, 0.2) is 0 Å². The van der Waals surface area contributed by atoms with E-state index in [9.17, 15) is 10.2 Å². The molecular weight excluding hydrogens is 296 g/mol. The zero-order valence-corrected chi connectivity index (χ0v) is 15.2. The van der Waals surface area contributed by atoms with E-state index in [4.69, 9.17) is 0 Å². The minimum Gasteiger partial charge on any atom is -0.393 e. The topological polar surface area (TPSA) is 40.5 Å². The Bertz CT molecular complexity index is 597. The monoisotopic (exact) mass is 328 g/mol. The molecule has 132 valence electrons. The van der Waals surface area contributed by atoms with Crippen LogP contribution < -0.4 is 0 Å². The summed E-state index contributed by atoms with van der Waals surface area (Å²) in [5.41, 5.74) is 1.85. The minimum atomic E-state index is -0.155. The first-order valence-electron chi connectivity index (χ1n) is 9.96. The van der Waals surface area contributed by atoms with Gasteiger partial charge in [0.25, 0.3) is 0 Å². The fourth-order valence-corrected chi connectivity index (χ4v) is 6.99. The SMILES string of the molecule is CC#CC[C@]12CC[C@H](O)CC1=CC[C@@H]1[C@@H]2CC[C@]2(C)[C@@H](O)CC[C@@H]12. The Balaban J connectivity index is 1.72. The predicted octanol–water partition coefficient (Wildman–Crippen LogP) is 4.06. The highest BCUT2D eigenvalue weighted by atomic mass is 16.3. The van der Waals surface area contributed by atoms with Gasteiger partial charge in [-0.25, -0.2) is 0 Å². The second-order valence-electron chi connectivity index (χ2n) is 9.14. The standard InChI is InChI=1S/C22H32O2/c1-3-4-11-22-13-9-16(23)14-15(22)5-6-17-18-7-8-20(24)21(18,2)12-10-19(17)22/h5,16-20,23-24H,6-14H2,1-2H3/t16-,17-,18-,19-,20-,21-,22-/m0/s1. The van der Waals surface area contributed by atoms with Crippen molar-refractivity contribution in [2.45, 2.75) is 83.8 Å². The normalized spacial score (nSPS) is 50.0. The molecule has 2 nitrogen and oxygen atoms in total. The smallest absolute Gasteiger partial charge is 0.0596 e. The minimum absolute atomic E-state index is 0.103. The molecule has 24 heavy (non-hydrogen) atoms. The van der Waals surface area contributed by atoms with Gasteiger partial charge in [0.1, 0.15) is 0 Å². The van der Waals surface area contributed by atoms with Crippen LogP contribution in [0, 0.1) is 40.4 Å². The van der Waals surface area contributed by atoms with Gasteiger partial charge in [0.2, 0.25) is 0 Å². The molecule has 3 saturated carbocycles. The van der Waals surface area contributed by atoms with E-state index in [1.165, 1.54) is 18.4 Å². The van der Waals surface area contributed by atoms with E-state index in [1.54, 1.807) is 0 Å². The largest absolute Gasteiger partial charge is 0.393 e. The van der Waals surface area contributed by atoms with E-state index >= 15 is 0 Å². The number of aliphatic hydroxyl groups is 2. The van der Waals surface area contributed by atoms with Crippen LogP contribution in [-0.4, -0.2) is 22.4 Å². The first-order chi connectivity index (χ1) is 11.5. The Morgan fingerprint density at radius 1 is 1.12 bits per heavy atom. The molecule has 0 aromatic rings. The average molecular weight is 328 g/mol. The van der Waals surface area contributed by atoms with Gasteiger partial charge in [-0.15, -0.1) is 11.8 Å². The van der Waals surface area contributed by atoms with Crippen LogP contribution in [0.3, 0.4) is 0 Å². The van der Waals surface area contributed by atoms with E-state index < -0.39 is 0 Å². The quantitative estimate of drug-likeness (QED) is 0.563. The summed E-state index contributed by atoms with van der Waals surface area (Å²) >= 11 is 0. The van der Waals surface area contributed by atoms with Crippen molar-refractivity contribution < 1.29 is 10.2 Å². The summed E-state index contributed by atoms with van der Waals surface area (Å²) in [6.07, 6.45) is 11.8. The van der Waals surface area contributed by atoms with Gasteiger partial charge in [0, 0.05) is 11.8 Å². The second-order valence-corrected chi connectivity index (χ2v) is 9.14.